The van der Waals surface area contributed by atoms with Crippen molar-refractivity contribution in [2.45, 2.75) is 19.4 Å². The molecule has 2 aromatic rings. The lowest BCUT2D eigenvalue weighted by atomic mass is 9.98. The second kappa shape index (κ2) is 7.34. The van der Waals surface area contributed by atoms with Gasteiger partial charge < -0.3 is 14.8 Å². The van der Waals surface area contributed by atoms with Crippen LogP contribution in [0, 0.1) is 5.92 Å². The number of fused-ring (bicyclic) bond motifs is 1. The highest BCUT2D eigenvalue weighted by Crippen LogP contribution is 2.23. The number of carboxylic acid groups (broad SMARTS) is 1. The normalized spacial score (nSPS) is 16.9. The Balaban J connectivity index is 1.49. The Bertz CT molecular complexity index is 678. The number of hydrogen-bond donors (Lipinski definition) is 2. The highest BCUT2D eigenvalue weighted by molar-refractivity contribution is 6.31. The molecule has 2 N–H and O–H groups in total. The zero-order valence-corrected chi connectivity index (χ0v) is 13.7. The molecule has 0 bridgehead atoms. The first-order chi connectivity index (χ1) is 11.1. The van der Waals surface area contributed by atoms with Crippen molar-refractivity contribution in [2.24, 2.45) is 5.92 Å². The van der Waals surface area contributed by atoms with Gasteiger partial charge in [0.25, 0.3) is 0 Å². The third kappa shape index (κ3) is 4.47. The summed E-state index contributed by atoms with van der Waals surface area (Å²) in [6.07, 6.45) is 2.09. The van der Waals surface area contributed by atoms with Crippen molar-refractivity contribution in [3.05, 3.63) is 35.0 Å². The van der Waals surface area contributed by atoms with Gasteiger partial charge in [-0.05, 0) is 56.1 Å². The smallest absolute Gasteiger partial charge is 0.329 e. The van der Waals surface area contributed by atoms with Gasteiger partial charge in [0.15, 0.2) is 0 Å². The Kier molecular flexibility index (Phi) is 5.20. The molecule has 0 atom stereocenters. The van der Waals surface area contributed by atoms with E-state index in [4.69, 9.17) is 21.4 Å². The fraction of sp³-hybridized carbons (Fsp3) is 0.471. The largest absolute Gasteiger partial charge is 0.480 e. The third-order valence-corrected chi connectivity index (χ3v) is 4.55. The van der Waals surface area contributed by atoms with E-state index in [0.29, 0.717) is 12.5 Å². The minimum Gasteiger partial charge on any atom is -0.480 e. The molecule has 1 aromatic heterocycles. The molecule has 1 aliphatic rings. The molecule has 23 heavy (non-hydrogen) atoms. The van der Waals surface area contributed by atoms with Crippen molar-refractivity contribution in [3.8, 4) is 0 Å². The van der Waals surface area contributed by atoms with Crippen molar-refractivity contribution in [1.82, 2.24) is 9.88 Å². The minimum atomic E-state index is -0.902. The predicted octanol–water partition coefficient (Wildman–Crippen LogP) is 3.13. The van der Waals surface area contributed by atoms with Crippen LogP contribution in [0.5, 0.6) is 0 Å². The fourth-order valence-electron chi connectivity index (χ4n) is 3.11. The van der Waals surface area contributed by atoms with Crippen molar-refractivity contribution < 1.29 is 14.6 Å². The maximum absolute atomic E-state index is 10.4. The summed E-state index contributed by atoms with van der Waals surface area (Å²) < 4.78 is 5.20. The Hall–Kier alpha value is -1.56. The number of hydrogen-bond acceptors (Lipinski definition) is 3. The molecular formula is C17H21ClN2O3. The number of nitrogens with one attached hydrogen (secondary N) is 1. The van der Waals surface area contributed by atoms with E-state index < -0.39 is 5.97 Å². The number of benzene rings is 1. The summed E-state index contributed by atoms with van der Waals surface area (Å²) in [7, 11) is 0. The number of aliphatic carboxylic acids is 1. The second-order valence-electron chi connectivity index (χ2n) is 6.15. The Morgan fingerprint density at radius 1 is 1.35 bits per heavy atom. The van der Waals surface area contributed by atoms with Crippen molar-refractivity contribution in [1.29, 1.82) is 0 Å². The van der Waals surface area contributed by atoms with Crippen LogP contribution in [0.1, 0.15) is 18.5 Å². The first kappa shape index (κ1) is 16.3. The average Bonchev–Trinajstić information content (AvgIpc) is 2.90. The molecule has 0 saturated carbocycles. The van der Waals surface area contributed by atoms with Crippen LogP contribution < -0.4 is 0 Å². The number of piperidine rings is 1. The van der Waals surface area contributed by atoms with E-state index in [1.807, 2.05) is 18.2 Å². The fourth-order valence-corrected chi connectivity index (χ4v) is 3.29. The van der Waals surface area contributed by atoms with Gasteiger partial charge in [-0.25, -0.2) is 4.79 Å². The Labute approximate surface area is 140 Å². The lowest BCUT2D eigenvalue weighted by Crippen LogP contribution is -2.35. The van der Waals surface area contributed by atoms with Crippen molar-refractivity contribution in [3.63, 3.8) is 0 Å². The summed E-state index contributed by atoms with van der Waals surface area (Å²) in [4.78, 5) is 16.3. The van der Waals surface area contributed by atoms with Gasteiger partial charge in [-0.1, -0.05) is 11.6 Å². The molecule has 1 aliphatic heterocycles. The topological polar surface area (TPSA) is 65.6 Å². The van der Waals surface area contributed by atoms with Gasteiger partial charge in [0.2, 0.25) is 0 Å². The Morgan fingerprint density at radius 3 is 2.87 bits per heavy atom. The third-order valence-electron chi connectivity index (χ3n) is 4.32. The molecule has 3 rings (SSSR count). The molecule has 1 fully saturated rings. The summed E-state index contributed by atoms with van der Waals surface area (Å²) in [5.74, 6) is -0.437. The van der Waals surface area contributed by atoms with E-state index in [0.717, 1.165) is 48.4 Å². The highest BCUT2D eigenvalue weighted by atomic mass is 35.5. The van der Waals surface area contributed by atoms with Crippen LogP contribution in [0.3, 0.4) is 0 Å². The average molecular weight is 337 g/mol. The number of likely N-dealkylation sites (tertiary alicyclic amines) is 1. The van der Waals surface area contributed by atoms with E-state index in [1.165, 1.54) is 5.69 Å². The van der Waals surface area contributed by atoms with E-state index in [9.17, 15) is 4.79 Å². The van der Waals surface area contributed by atoms with E-state index >= 15 is 0 Å². The molecule has 1 aromatic carbocycles. The number of ether oxygens (including phenoxy) is 1. The number of halogens is 1. The van der Waals surface area contributed by atoms with Gasteiger partial charge in [-0.3, -0.25) is 4.90 Å². The van der Waals surface area contributed by atoms with Crippen LogP contribution >= 0.6 is 11.6 Å². The van der Waals surface area contributed by atoms with Crippen LogP contribution in [0.15, 0.2) is 24.3 Å². The first-order valence-corrected chi connectivity index (χ1v) is 8.27. The maximum atomic E-state index is 10.4. The van der Waals surface area contributed by atoms with Gasteiger partial charge in [0.1, 0.15) is 6.61 Å². The number of carboxylic acids is 1. The maximum Gasteiger partial charge on any atom is 0.329 e. The molecule has 0 spiro atoms. The van der Waals surface area contributed by atoms with Crippen LogP contribution in [0.2, 0.25) is 5.02 Å². The van der Waals surface area contributed by atoms with E-state index in [2.05, 4.69) is 16.0 Å². The van der Waals surface area contributed by atoms with Gasteiger partial charge in [-0.15, -0.1) is 0 Å². The molecule has 2 heterocycles. The van der Waals surface area contributed by atoms with Crippen molar-refractivity contribution in [2.75, 3.05) is 26.3 Å². The molecule has 0 unspecified atom stereocenters. The van der Waals surface area contributed by atoms with Gasteiger partial charge in [-0.2, -0.15) is 0 Å². The highest BCUT2D eigenvalue weighted by Gasteiger charge is 2.20. The standard InChI is InChI=1S/C17H21ClN2O3/c18-14-1-2-16-13(7-14)8-15(19-16)9-20-5-3-12(4-6-20)10-23-11-17(21)22/h1-2,7-8,12,19H,3-6,9-11H2,(H,21,22). The summed E-state index contributed by atoms with van der Waals surface area (Å²) in [6, 6.07) is 8.03. The lowest BCUT2D eigenvalue weighted by molar-refractivity contribution is -0.142. The predicted molar refractivity (Wildman–Crippen MR) is 89.8 cm³/mol. The zero-order valence-electron chi connectivity index (χ0n) is 12.9. The van der Waals surface area contributed by atoms with E-state index in [1.54, 1.807) is 0 Å². The SMILES string of the molecule is O=C(O)COCC1CCN(Cc2cc3cc(Cl)ccc3[nH]2)CC1. The molecule has 124 valence electrons. The number of rotatable bonds is 6. The molecule has 6 heteroatoms. The number of aromatic nitrogens is 1. The van der Waals surface area contributed by atoms with Gasteiger partial charge in [0, 0.05) is 28.2 Å². The molecule has 0 aliphatic carbocycles. The first-order valence-electron chi connectivity index (χ1n) is 7.89. The number of H-pyrrole nitrogens is 1. The van der Waals surface area contributed by atoms with Crippen LogP contribution in [0.4, 0.5) is 0 Å². The molecular weight excluding hydrogens is 316 g/mol. The van der Waals surface area contributed by atoms with E-state index in [-0.39, 0.29) is 6.61 Å². The summed E-state index contributed by atoms with van der Waals surface area (Å²) in [5.41, 5.74) is 2.31. The summed E-state index contributed by atoms with van der Waals surface area (Å²) >= 11 is 6.02. The molecule has 5 nitrogen and oxygen atoms in total. The quantitative estimate of drug-likeness (QED) is 0.850. The van der Waals surface area contributed by atoms with Crippen LogP contribution in [-0.2, 0) is 16.1 Å². The summed E-state index contributed by atoms with van der Waals surface area (Å²) in [6.45, 7) is 3.27. The monoisotopic (exact) mass is 336 g/mol. The minimum absolute atomic E-state index is 0.197. The summed E-state index contributed by atoms with van der Waals surface area (Å²) in [5, 5.41) is 10.5. The number of aromatic amines is 1. The van der Waals surface area contributed by atoms with Gasteiger partial charge in [0.05, 0.1) is 6.61 Å². The zero-order chi connectivity index (χ0) is 16.2. The lowest BCUT2D eigenvalue weighted by Gasteiger charge is -2.31. The number of nitrogens with zero attached hydrogens (tertiary/aromatic N) is 1. The molecule has 0 radical (unpaired) electrons. The van der Waals surface area contributed by atoms with Crippen LogP contribution in [-0.4, -0.2) is 47.3 Å². The van der Waals surface area contributed by atoms with Crippen molar-refractivity contribution >= 4 is 28.5 Å². The Morgan fingerprint density at radius 2 is 2.13 bits per heavy atom. The van der Waals surface area contributed by atoms with Gasteiger partial charge >= 0.3 is 5.97 Å². The molecule has 1 saturated heterocycles. The van der Waals surface area contributed by atoms with Crippen LogP contribution in [0.25, 0.3) is 10.9 Å². The number of carbonyl (C=O) groups is 1. The molecule has 0 amide bonds. The second-order valence-corrected chi connectivity index (χ2v) is 6.59.